The summed E-state index contributed by atoms with van der Waals surface area (Å²) in [5.74, 6) is -0.161. The first-order valence-corrected chi connectivity index (χ1v) is 19.0. The lowest BCUT2D eigenvalue weighted by Crippen LogP contribution is -2.31. The van der Waals surface area contributed by atoms with Crippen LogP contribution in [0.25, 0.3) is 0 Å². The van der Waals surface area contributed by atoms with Crippen LogP contribution >= 0.6 is 45.1 Å². The Hall–Kier alpha value is -1.60. The van der Waals surface area contributed by atoms with Gasteiger partial charge in [-0.15, -0.1) is 0 Å². The van der Waals surface area contributed by atoms with E-state index < -0.39 is 60.2 Å². The summed E-state index contributed by atoms with van der Waals surface area (Å²) in [7, 11) is -13.9. The van der Waals surface area contributed by atoms with Crippen molar-refractivity contribution in [3.63, 3.8) is 0 Å². The average Bonchev–Trinajstić information content (AvgIpc) is 3.27. The van der Waals surface area contributed by atoms with Gasteiger partial charge in [0, 0.05) is 30.2 Å². The van der Waals surface area contributed by atoms with Crippen molar-refractivity contribution < 1.29 is 60.7 Å². The Labute approximate surface area is 252 Å². The average molecular weight is 707 g/mol. The summed E-state index contributed by atoms with van der Waals surface area (Å²) in [6, 6.07) is 7.98. The molecule has 18 nitrogen and oxygen atoms in total. The van der Waals surface area contributed by atoms with Gasteiger partial charge in [-0.1, -0.05) is 39.8 Å². The van der Waals surface area contributed by atoms with Gasteiger partial charge in [-0.05, 0) is 24.6 Å². The number of nitrogen functional groups attached to an aromatic ring is 1. The topological polar surface area (TPSA) is 282 Å². The van der Waals surface area contributed by atoms with Crippen LogP contribution in [0.2, 0.25) is 0 Å². The molecule has 1 aromatic carbocycles. The van der Waals surface area contributed by atoms with E-state index in [1.54, 1.807) is 24.3 Å². The van der Waals surface area contributed by atoms with Crippen molar-refractivity contribution in [2.45, 2.75) is 37.0 Å². The second-order valence-corrected chi connectivity index (χ2v) is 15.9. The number of ether oxygens (including phenoxy) is 2. The van der Waals surface area contributed by atoms with Crippen molar-refractivity contribution in [2.75, 3.05) is 24.6 Å². The van der Waals surface area contributed by atoms with E-state index in [0.29, 0.717) is 17.9 Å². The normalized spacial score (nSPS) is 22.4. The molecule has 8 N–H and O–H groups in total. The number of phosphoric acid groups is 3. The number of nitrogens with two attached hydrogens (primary N) is 2. The van der Waals surface area contributed by atoms with E-state index >= 15 is 0 Å². The Morgan fingerprint density at radius 3 is 2.51 bits per heavy atom. The Morgan fingerprint density at radius 2 is 1.86 bits per heavy atom. The zero-order valence-corrected chi connectivity index (χ0v) is 26.5. The van der Waals surface area contributed by atoms with Gasteiger partial charge in [-0.2, -0.15) is 13.6 Å². The summed E-state index contributed by atoms with van der Waals surface area (Å²) in [6.45, 7) is 1.45. The summed E-state index contributed by atoms with van der Waals surface area (Å²) >= 11 is 0. The van der Waals surface area contributed by atoms with Crippen molar-refractivity contribution in [3.8, 4) is 0 Å². The molecule has 0 saturated carbocycles. The SMILES string of the molecule is CC(SSCCN)c1ccccc1C(=O)OC1C[C@H](n2ccc(N)nc2=O)O[C@@H]1COP(=O)(O)OP(=O)(O)OP(=O)(O)O. The summed E-state index contributed by atoms with van der Waals surface area (Å²) in [6.07, 6.45) is -2.59. The van der Waals surface area contributed by atoms with Gasteiger partial charge < -0.3 is 40.5 Å². The molecule has 0 aliphatic carbocycles. The van der Waals surface area contributed by atoms with E-state index in [-0.39, 0.29) is 23.1 Å². The lowest BCUT2D eigenvalue weighted by Gasteiger charge is -2.22. The molecular weight excluding hydrogens is 677 g/mol. The minimum absolute atomic E-state index is 0.0698. The van der Waals surface area contributed by atoms with Crippen molar-refractivity contribution in [2.24, 2.45) is 5.73 Å². The van der Waals surface area contributed by atoms with Crippen molar-refractivity contribution in [3.05, 3.63) is 58.1 Å². The van der Waals surface area contributed by atoms with Gasteiger partial charge in [0.25, 0.3) is 0 Å². The molecule has 0 spiro atoms. The molecule has 0 bridgehead atoms. The van der Waals surface area contributed by atoms with Crippen LogP contribution in [-0.2, 0) is 36.3 Å². The van der Waals surface area contributed by atoms with Crippen LogP contribution in [0.3, 0.4) is 0 Å². The molecule has 1 saturated heterocycles. The number of nitrogens with zero attached hydrogens (tertiary/aromatic N) is 2. The molecule has 0 amide bonds. The molecule has 6 atom stereocenters. The molecule has 1 aliphatic heterocycles. The van der Waals surface area contributed by atoms with Gasteiger partial charge in [0.1, 0.15) is 24.3 Å². The summed E-state index contributed by atoms with van der Waals surface area (Å²) < 4.78 is 59.4. The lowest BCUT2D eigenvalue weighted by molar-refractivity contribution is -0.0511. The fraction of sp³-hybridized carbons (Fsp3) is 0.450. The molecule has 1 aliphatic rings. The molecular formula is C20H29N4O14P3S2. The number of rotatable bonds is 15. The van der Waals surface area contributed by atoms with E-state index in [1.165, 1.54) is 33.9 Å². The first kappa shape index (κ1) is 35.9. The highest BCUT2D eigenvalue weighted by atomic mass is 33.1. The third-order valence-electron chi connectivity index (χ3n) is 5.45. The molecule has 2 aromatic rings. The number of hydrogen-bond donors (Lipinski definition) is 6. The van der Waals surface area contributed by atoms with Crippen molar-refractivity contribution in [1.29, 1.82) is 0 Å². The standard InChI is InChI=1S/C20H29N4O14P3S2/c1-12(43-42-9-7-21)13-4-2-3-5-14(13)19(25)36-15-10-18(24-8-6-17(22)23-20(24)26)35-16(15)11-34-40(30,31)38-41(32,33)37-39(27,28)29/h2-6,8,12,15-16,18H,7,9-11,21H2,1H3,(H,30,31)(H,32,33)(H2,22,23,26)(H2,27,28,29)/t12?,15?,16-,18-/m1/s1. The molecule has 4 unspecified atom stereocenters. The van der Waals surface area contributed by atoms with Crippen LogP contribution in [0.5, 0.6) is 0 Å². The smallest absolute Gasteiger partial charge is 0.456 e. The number of benzene rings is 1. The predicted molar refractivity (Wildman–Crippen MR) is 154 cm³/mol. The number of aromatic nitrogens is 2. The molecule has 2 heterocycles. The van der Waals surface area contributed by atoms with Crippen LogP contribution in [0.1, 0.15) is 40.7 Å². The molecule has 1 aromatic heterocycles. The molecule has 3 rings (SSSR count). The van der Waals surface area contributed by atoms with E-state index in [2.05, 4.69) is 13.6 Å². The van der Waals surface area contributed by atoms with Crippen LogP contribution in [0.4, 0.5) is 5.82 Å². The highest BCUT2D eigenvalue weighted by Gasteiger charge is 2.44. The Bertz CT molecular complexity index is 1490. The summed E-state index contributed by atoms with van der Waals surface area (Å²) in [4.78, 5) is 66.0. The van der Waals surface area contributed by atoms with Crippen LogP contribution in [-0.4, -0.2) is 66.2 Å². The number of phosphoric ester groups is 1. The van der Waals surface area contributed by atoms with Gasteiger partial charge in [-0.3, -0.25) is 9.09 Å². The quantitative estimate of drug-likeness (QED) is 0.0669. The third kappa shape index (κ3) is 11.1. The number of carbonyl (C=O) groups excluding carboxylic acids is 1. The molecule has 0 radical (unpaired) electrons. The zero-order chi connectivity index (χ0) is 32.0. The second-order valence-electron chi connectivity index (χ2n) is 8.67. The number of hydrogen-bond acceptors (Lipinski definition) is 15. The minimum Gasteiger partial charge on any atom is -0.456 e. The van der Waals surface area contributed by atoms with Gasteiger partial charge in [0.2, 0.25) is 0 Å². The lowest BCUT2D eigenvalue weighted by atomic mass is 10.0. The fourth-order valence-corrected chi connectivity index (χ4v) is 8.99. The van der Waals surface area contributed by atoms with E-state index in [1.807, 2.05) is 6.92 Å². The van der Waals surface area contributed by atoms with Gasteiger partial charge >= 0.3 is 35.1 Å². The van der Waals surface area contributed by atoms with Crippen LogP contribution < -0.4 is 17.2 Å². The second kappa shape index (κ2) is 15.1. The maximum Gasteiger partial charge on any atom is 0.490 e. The Morgan fingerprint density at radius 1 is 1.16 bits per heavy atom. The van der Waals surface area contributed by atoms with E-state index in [4.69, 9.17) is 35.3 Å². The Kier molecular flexibility index (Phi) is 12.6. The van der Waals surface area contributed by atoms with E-state index in [9.17, 15) is 33.1 Å². The number of carbonyl (C=O) groups is 1. The van der Waals surface area contributed by atoms with Crippen molar-refractivity contribution >= 4 is 56.8 Å². The van der Waals surface area contributed by atoms with E-state index in [0.717, 1.165) is 4.57 Å². The molecule has 43 heavy (non-hydrogen) atoms. The van der Waals surface area contributed by atoms with Gasteiger partial charge in [-0.25, -0.2) is 23.3 Å². The zero-order valence-electron chi connectivity index (χ0n) is 22.2. The highest BCUT2D eigenvalue weighted by molar-refractivity contribution is 8.76. The fourth-order valence-electron chi connectivity index (χ4n) is 3.75. The van der Waals surface area contributed by atoms with Gasteiger partial charge in [0.05, 0.1) is 12.2 Å². The summed E-state index contributed by atoms with van der Waals surface area (Å²) in [5, 5.41) is -0.145. The summed E-state index contributed by atoms with van der Waals surface area (Å²) in [5.41, 5.74) is 11.1. The molecule has 23 heteroatoms. The maximum absolute atomic E-state index is 13.3. The van der Waals surface area contributed by atoms with Gasteiger partial charge in [0.15, 0.2) is 0 Å². The molecule has 240 valence electrons. The predicted octanol–water partition coefficient (Wildman–Crippen LogP) is 2.08. The first-order chi connectivity index (χ1) is 20.0. The van der Waals surface area contributed by atoms with Crippen LogP contribution in [0.15, 0.2) is 41.3 Å². The monoisotopic (exact) mass is 706 g/mol. The van der Waals surface area contributed by atoms with Crippen LogP contribution in [0, 0.1) is 0 Å². The number of esters is 1. The first-order valence-electron chi connectivity index (χ1n) is 12.1. The van der Waals surface area contributed by atoms with Crippen molar-refractivity contribution in [1.82, 2.24) is 9.55 Å². The molecule has 1 fully saturated rings. The highest BCUT2D eigenvalue weighted by Crippen LogP contribution is 2.66. The minimum atomic E-state index is -5.78. The third-order valence-corrected chi connectivity index (χ3v) is 12.1. The maximum atomic E-state index is 13.3. The largest absolute Gasteiger partial charge is 0.490 e. The number of anilines is 1. The Balaban J connectivity index is 1.81.